The molecule has 0 amide bonds. The van der Waals surface area contributed by atoms with E-state index in [0.29, 0.717) is 11.5 Å². The van der Waals surface area contributed by atoms with Gasteiger partial charge in [-0.05, 0) is 69.2 Å². The van der Waals surface area contributed by atoms with Gasteiger partial charge in [0.05, 0.1) is 0 Å². The molecule has 1 fully saturated rings. The Morgan fingerprint density at radius 3 is 2.55 bits per heavy atom. The van der Waals surface area contributed by atoms with Gasteiger partial charge in [-0.2, -0.15) is 0 Å². The second-order valence-electron chi connectivity index (χ2n) is 7.77. The zero-order chi connectivity index (χ0) is 14.4. The molecule has 2 aliphatic carbocycles. The smallest absolute Gasteiger partial charge is 0.0307 e. The van der Waals surface area contributed by atoms with Crippen molar-refractivity contribution in [3.63, 3.8) is 0 Å². The van der Waals surface area contributed by atoms with E-state index in [1.807, 2.05) is 0 Å². The van der Waals surface area contributed by atoms with Crippen LogP contribution in [0.4, 0.5) is 0 Å². The Balaban J connectivity index is 2.02. The van der Waals surface area contributed by atoms with Crippen molar-refractivity contribution in [2.24, 2.45) is 11.3 Å². The van der Waals surface area contributed by atoms with E-state index in [4.69, 9.17) is 0 Å². The lowest BCUT2D eigenvalue weighted by atomic mass is 9.69. The highest BCUT2D eigenvalue weighted by molar-refractivity contribution is 5.14. The molecule has 0 aromatic heterocycles. The molecule has 0 aromatic carbocycles. The zero-order valence-electron chi connectivity index (χ0n) is 14.0. The summed E-state index contributed by atoms with van der Waals surface area (Å²) in [5.74, 6) is 0.883. The van der Waals surface area contributed by atoms with Gasteiger partial charge in [0.15, 0.2) is 0 Å². The van der Waals surface area contributed by atoms with Gasteiger partial charge in [-0.3, -0.25) is 0 Å². The van der Waals surface area contributed by atoms with Crippen LogP contribution in [-0.4, -0.2) is 12.6 Å². The van der Waals surface area contributed by atoms with E-state index in [1.54, 1.807) is 5.57 Å². The lowest BCUT2D eigenvalue weighted by Gasteiger charge is -2.39. The first-order chi connectivity index (χ1) is 9.62. The highest BCUT2D eigenvalue weighted by Crippen LogP contribution is 2.41. The van der Waals surface area contributed by atoms with E-state index >= 15 is 0 Å². The van der Waals surface area contributed by atoms with Crippen molar-refractivity contribution in [1.29, 1.82) is 0 Å². The molecule has 0 radical (unpaired) electrons. The predicted molar refractivity (Wildman–Crippen MR) is 89.0 cm³/mol. The first-order valence-corrected chi connectivity index (χ1v) is 9.05. The van der Waals surface area contributed by atoms with E-state index in [-0.39, 0.29) is 0 Å². The third-order valence-electron chi connectivity index (χ3n) is 5.50. The molecule has 1 atom stereocenters. The van der Waals surface area contributed by atoms with Crippen molar-refractivity contribution in [2.75, 3.05) is 6.54 Å². The monoisotopic (exact) mass is 277 g/mol. The van der Waals surface area contributed by atoms with Crippen molar-refractivity contribution >= 4 is 0 Å². The molecule has 0 aliphatic heterocycles. The highest BCUT2D eigenvalue weighted by atomic mass is 14.9. The first-order valence-electron chi connectivity index (χ1n) is 9.05. The van der Waals surface area contributed by atoms with Crippen LogP contribution < -0.4 is 5.32 Å². The summed E-state index contributed by atoms with van der Waals surface area (Å²) in [6.07, 6.45) is 16.6. The summed E-state index contributed by atoms with van der Waals surface area (Å²) in [5, 5.41) is 3.83. The third-order valence-corrected chi connectivity index (χ3v) is 5.50. The molecule has 2 rings (SSSR count). The van der Waals surface area contributed by atoms with Crippen molar-refractivity contribution < 1.29 is 0 Å². The largest absolute Gasteiger partial charge is 0.310 e. The maximum atomic E-state index is 3.83. The van der Waals surface area contributed by atoms with Crippen molar-refractivity contribution in [2.45, 2.75) is 91.0 Å². The second-order valence-corrected chi connectivity index (χ2v) is 7.77. The van der Waals surface area contributed by atoms with Crippen LogP contribution >= 0.6 is 0 Å². The molecule has 1 saturated carbocycles. The van der Waals surface area contributed by atoms with Crippen molar-refractivity contribution in [1.82, 2.24) is 5.32 Å². The third kappa shape index (κ3) is 4.62. The van der Waals surface area contributed by atoms with Crippen LogP contribution in [0.5, 0.6) is 0 Å². The Hall–Kier alpha value is -0.300. The Labute approximate surface area is 126 Å². The van der Waals surface area contributed by atoms with E-state index in [2.05, 4.69) is 32.2 Å². The summed E-state index contributed by atoms with van der Waals surface area (Å²) < 4.78 is 0. The molecule has 1 unspecified atom stereocenters. The molecule has 0 spiro atoms. The first kappa shape index (κ1) is 16.1. The lowest BCUT2D eigenvalue weighted by molar-refractivity contribution is 0.169. The number of nitrogens with one attached hydrogen (secondary N) is 1. The average Bonchev–Trinajstić information content (AvgIpc) is 2.37. The van der Waals surface area contributed by atoms with Crippen molar-refractivity contribution in [3.05, 3.63) is 11.6 Å². The topological polar surface area (TPSA) is 12.0 Å². The minimum Gasteiger partial charge on any atom is -0.310 e. The number of rotatable bonds is 4. The van der Waals surface area contributed by atoms with Gasteiger partial charge in [0.1, 0.15) is 0 Å². The zero-order valence-corrected chi connectivity index (χ0v) is 14.0. The van der Waals surface area contributed by atoms with Crippen LogP contribution in [-0.2, 0) is 0 Å². The summed E-state index contributed by atoms with van der Waals surface area (Å²) in [6, 6.07) is 0.675. The molecule has 0 bridgehead atoms. The summed E-state index contributed by atoms with van der Waals surface area (Å²) >= 11 is 0. The van der Waals surface area contributed by atoms with Crippen LogP contribution in [0.2, 0.25) is 0 Å². The number of hydrogen-bond donors (Lipinski definition) is 1. The van der Waals surface area contributed by atoms with Gasteiger partial charge in [0.25, 0.3) is 0 Å². The number of hydrogen-bond acceptors (Lipinski definition) is 1. The average molecular weight is 277 g/mol. The Morgan fingerprint density at radius 1 is 1.15 bits per heavy atom. The van der Waals surface area contributed by atoms with Crippen LogP contribution in [0.1, 0.15) is 85.0 Å². The molecule has 1 N–H and O–H groups in total. The van der Waals surface area contributed by atoms with Crippen LogP contribution in [0, 0.1) is 11.3 Å². The SMILES string of the molecule is CCNC(C1=CCCCCCC1)C1CCC(C)(C)CC1. The van der Waals surface area contributed by atoms with Gasteiger partial charge in [0, 0.05) is 6.04 Å². The maximum Gasteiger partial charge on any atom is 0.0307 e. The summed E-state index contributed by atoms with van der Waals surface area (Å²) in [4.78, 5) is 0. The van der Waals surface area contributed by atoms with E-state index in [9.17, 15) is 0 Å². The fourth-order valence-corrected chi connectivity index (χ4v) is 4.07. The number of likely N-dealkylation sites (N-methyl/N-ethyl adjacent to an activating group) is 1. The Morgan fingerprint density at radius 2 is 1.85 bits per heavy atom. The fourth-order valence-electron chi connectivity index (χ4n) is 4.07. The second kappa shape index (κ2) is 7.64. The summed E-state index contributed by atoms with van der Waals surface area (Å²) in [5.41, 5.74) is 2.33. The molecular weight excluding hydrogens is 242 g/mol. The van der Waals surface area contributed by atoms with E-state index in [1.165, 1.54) is 64.2 Å². The standard InChI is InChI=1S/C19H35N/c1-4-20-18(16-10-8-6-5-7-9-11-16)17-12-14-19(2,3)15-13-17/h10,17-18,20H,4-9,11-15H2,1-3H3. The number of allylic oxidation sites excluding steroid dienone is 1. The minimum atomic E-state index is 0.586. The Kier molecular flexibility index (Phi) is 6.14. The molecule has 116 valence electrons. The van der Waals surface area contributed by atoms with Gasteiger partial charge in [-0.25, -0.2) is 0 Å². The normalized spacial score (nSPS) is 26.4. The van der Waals surface area contributed by atoms with Crippen LogP contribution in [0.3, 0.4) is 0 Å². The maximum absolute atomic E-state index is 3.83. The lowest BCUT2D eigenvalue weighted by Crippen LogP contribution is -2.40. The Bertz CT molecular complexity index is 306. The fraction of sp³-hybridized carbons (Fsp3) is 0.895. The molecule has 0 heterocycles. The van der Waals surface area contributed by atoms with Gasteiger partial charge >= 0.3 is 0 Å². The van der Waals surface area contributed by atoms with Crippen LogP contribution in [0.25, 0.3) is 0 Å². The van der Waals surface area contributed by atoms with Gasteiger partial charge in [0.2, 0.25) is 0 Å². The van der Waals surface area contributed by atoms with E-state index < -0.39 is 0 Å². The van der Waals surface area contributed by atoms with Gasteiger partial charge < -0.3 is 5.32 Å². The van der Waals surface area contributed by atoms with E-state index in [0.717, 1.165) is 12.5 Å². The summed E-state index contributed by atoms with van der Waals surface area (Å²) in [6.45, 7) is 8.27. The molecule has 20 heavy (non-hydrogen) atoms. The predicted octanol–water partition coefficient (Wildman–Crippen LogP) is 5.46. The minimum absolute atomic E-state index is 0.586. The van der Waals surface area contributed by atoms with Crippen molar-refractivity contribution in [3.8, 4) is 0 Å². The molecule has 1 nitrogen and oxygen atoms in total. The molecule has 0 saturated heterocycles. The molecule has 2 aliphatic rings. The highest BCUT2D eigenvalue weighted by Gasteiger charge is 2.32. The molecular formula is C19H35N. The van der Waals surface area contributed by atoms with Gasteiger partial charge in [-0.1, -0.05) is 45.3 Å². The summed E-state index contributed by atoms with van der Waals surface area (Å²) in [7, 11) is 0. The molecule has 0 aromatic rings. The van der Waals surface area contributed by atoms with Crippen LogP contribution in [0.15, 0.2) is 11.6 Å². The molecule has 1 heteroatoms. The van der Waals surface area contributed by atoms with Gasteiger partial charge in [-0.15, -0.1) is 0 Å². The quantitative estimate of drug-likeness (QED) is 0.673.